The van der Waals surface area contributed by atoms with Crippen molar-refractivity contribution in [3.05, 3.63) is 53.6 Å². The Bertz CT molecular complexity index is 637. The maximum absolute atomic E-state index is 12.5. The first-order valence-corrected chi connectivity index (χ1v) is 7.99. The minimum Gasteiger partial charge on any atom is -0.339 e. The molecule has 0 spiro atoms. The van der Waals surface area contributed by atoms with E-state index in [1.54, 1.807) is 0 Å². The van der Waals surface area contributed by atoms with Gasteiger partial charge in [-0.3, -0.25) is 4.79 Å². The van der Waals surface area contributed by atoms with Gasteiger partial charge in [0.2, 0.25) is 0 Å². The second kappa shape index (κ2) is 6.34. The summed E-state index contributed by atoms with van der Waals surface area (Å²) in [5, 5.41) is 0. The topological polar surface area (TPSA) is 38.1 Å². The number of piperidine rings is 1. The van der Waals surface area contributed by atoms with Gasteiger partial charge in [-0.15, -0.1) is 0 Å². The van der Waals surface area contributed by atoms with Gasteiger partial charge < -0.3 is 9.47 Å². The van der Waals surface area contributed by atoms with Gasteiger partial charge >= 0.3 is 0 Å². The second-order valence-corrected chi connectivity index (χ2v) is 6.27. The zero-order valence-corrected chi connectivity index (χ0v) is 13.3. The molecule has 3 rings (SSSR count). The van der Waals surface area contributed by atoms with E-state index in [2.05, 4.69) is 16.5 Å². The van der Waals surface area contributed by atoms with Crippen LogP contribution in [0.2, 0.25) is 0 Å². The van der Waals surface area contributed by atoms with Gasteiger partial charge in [-0.05, 0) is 43.4 Å². The maximum Gasteiger partial charge on any atom is 0.253 e. The Balaban J connectivity index is 1.66. The number of nitrogens with zero attached hydrogens (tertiary/aromatic N) is 3. The zero-order chi connectivity index (χ0) is 15.5. The molecule has 1 fully saturated rings. The monoisotopic (exact) mass is 297 g/mol. The molecule has 2 heterocycles. The minimum absolute atomic E-state index is 0.164. The van der Waals surface area contributed by atoms with Crippen molar-refractivity contribution in [2.24, 2.45) is 5.92 Å². The highest BCUT2D eigenvalue weighted by molar-refractivity contribution is 5.94. The number of aromatic nitrogens is 2. The largest absolute Gasteiger partial charge is 0.339 e. The molecular weight excluding hydrogens is 274 g/mol. The Morgan fingerprint density at radius 3 is 2.50 bits per heavy atom. The summed E-state index contributed by atoms with van der Waals surface area (Å²) in [6, 6.07) is 7.97. The standard InChI is InChI=1S/C18H23N3O/c1-14-7-10-20(11-8-14)18(22)17-5-3-16(4-6-17)13-21-12-9-19-15(21)2/h3-6,9,12,14H,7-8,10-11,13H2,1-2H3. The van der Waals surface area contributed by atoms with Gasteiger partial charge in [-0.2, -0.15) is 0 Å². The molecule has 1 aromatic heterocycles. The summed E-state index contributed by atoms with van der Waals surface area (Å²) in [6.07, 6.45) is 6.02. The van der Waals surface area contributed by atoms with Crippen LogP contribution in [0.1, 0.15) is 41.5 Å². The van der Waals surface area contributed by atoms with Crippen molar-refractivity contribution in [3.8, 4) is 0 Å². The van der Waals surface area contributed by atoms with Gasteiger partial charge in [0.15, 0.2) is 0 Å². The summed E-state index contributed by atoms with van der Waals surface area (Å²) in [4.78, 5) is 18.7. The summed E-state index contributed by atoms with van der Waals surface area (Å²) < 4.78 is 2.10. The summed E-state index contributed by atoms with van der Waals surface area (Å²) in [7, 11) is 0. The van der Waals surface area contributed by atoms with Crippen molar-refractivity contribution in [2.45, 2.75) is 33.2 Å². The van der Waals surface area contributed by atoms with E-state index in [9.17, 15) is 4.79 Å². The molecule has 0 saturated carbocycles. The third-order valence-corrected chi connectivity index (χ3v) is 4.55. The fraction of sp³-hybridized carbons (Fsp3) is 0.444. The molecule has 1 amide bonds. The third-order valence-electron chi connectivity index (χ3n) is 4.55. The fourth-order valence-electron chi connectivity index (χ4n) is 2.91. The van der Waals surface area contributed by atoms with Gasteiger partial charge in [0, 0.05) is 37.6 Å². The Morgan fingerprint density at radius 2 is 1.91 bits per heavy atom. The van der Waals surface area contributed by atoms with E-state index in [1.165, 1.54) is 5.56 Å². The SMILES string of the molecule is Cc1nccn1Cc1ccc(C(=O)N2CCC(C)CC2)cc1. The minimum atomic E-state index is 0.164. The van der Waals surface area contributed by atoms with Crippen LogP contribution in [0.15, 0.2) is 36.7 Å². The molecule has 1 saturated heterocycles. The fourth-order valence-corrected chi connectivity index (χ4v) is 2.91. The predicted molar refractivity (Wildman–Crippen MR) is 86.8 cm³/mol. The molecule has 116 valence electrons. The number of carbonyl (C=O) groups excluding carboxylic acids is 1. The number of imidazole rings is 1. The van der Waals surface area contributed by atoms with Crippen molar-refractivity contribution >= 4 is 5.91 Å². The number of carbonyl (C=O) groups is 1. The molecule has 0 unspecified atom stereocenters. The Kier molecular flexibility index (Phi) is 4.27. The van der Waals surface area contributed by atoms with Crippen LogP contribution < -0.4 is 0 Å². The van der Waals surface area contributed by atoms with Crippen molar-refractivity contribution in [2.75, 3.05) is 13.1 Å². The number of amides is 1. The lowest BCUT2D eigenvalue weighted by Crippen LogP contribution is -2.37. The molecule has 2 aromatic rings. The third kappa shape index (κ3) is 3.21. The van der Waals surface area contributed by atoms with Crippen molar-refractivity contribution in [1.82, 2.24) is 14.5 Å². The number of hydrogen-bond acceptors (Lipinski definition) is 2. The smallest absolute Gasteiger partial charge is 0.253 e. The van der Waals surface area contributed by atoms with E-state index < -0.39 is 0 Å². The lowest BCUT2D eigenvalue weighted by atomic mass is 9.98. The van der Waals surface area contributed by atoms with Crippen molar-refractivity contribution < 1.29 is 4.79 Å². The van der Waals surface area contributed by atoms with Crippen molar-refractivity contribution in [3.63, 3.8) is 0 Å². The average Bonchev–Trinajstić information content (AvgIpc) is 2.93. The van der Waals surface area contributed by atoms with Crippen LogP contribution >= 0.6 is 0 Å². The highest BCUT2D eigenvalue weighted by Crippen LogP contribution is 2.18. The molecule has 22 heavy (non-hydrogen) atoms. The van der Waals surface area contributed by atoms with Gasteiger partial charge in [0.25, 0.3) is 5.91 Å². The van der Waals surface area contributed by atoms with Crippen LogP contribution in [0.5, 0.6) is 0 Å². The van der Waals surface area contributed by atoms with Gasteiger partial charge in [0.05, 0.1) is 0 Å². The Hall–Kier alpha value is -2.10. The molecule has 4 heteroatoms. The van der Waals surface area contributed by atoms with Crippen LogP contribution in [0.4, 0.5) is 0 Å². The Morgan fingerprint density at radius 1 is 1.23 bits per heavy atom. The summed E-state index contributed by atoms with van der Waals surface area (Å²) >= 11 is 0. The van der Waals surface area contributed by atoms with Gasteiger partial charge in [-0.25, -0.2) is 4.98 Å². The molecule has 0 bridgehead atoms. The summed E-state index contributed by atoms with van der Waals surface area (Å²) in [5.41, 5.74) is 1.98. The molecular formula is C18H23N3O. The van der Waals surface area contributed by atoms with Crippen LogP contribution in [0, 0.1) is 12.8 Å². The first-order valence-electron chi connectivity index (χ1n) is 7.99. The van der Waals surface area contributed by atoms with E-state index in [-0.39, 0.29) is 5.91 Å². The van der Waals surface area contributed by atoms with Crippen LogP contribution in [-0.4, -0.2) is 33.4 Å². The predicted octanol–water partition coefficient (Wildman–Crippen LogP) is 3.11. The number of hydrogen-bond donors (Lipinski definition) is 0. The van der Waals surface area contributed by atoms with E-state index in [4.69, 9.17) is 0 Å². The van der Waals surface area contributed by atoms with Gasteiger partial charge in [-0.1, -0.05) is 19.1 Å². The van der Waals surface area contributed by atoms with Gasteiger partial charge in [0.1, 0.15) is 5.82 Å². The summed E-state index contributed by atoms with van der Waals surface area (Å²) in [6.45, 7) is 6.82. The molecule has 0 aliphatic carbocycles. The van der Waals surface area contributed by atoms with Crippen LogP contribution in [0.25, 0.3) is 0 Å². The van der Waals surface area contributed by atoms with E-state index >= 15 is 0 Å². The first kappa shape index (κ1) is 14.8. The van der Waals surface area contributed by atoms with Crippen molar-refractivity contribution in [1.29, 1.82) is 0 Å². The van der Waals surface area contributed by atoms with E-state index in [0.717, 1.165) is 49.8 Å². The second-order valence-electron chi connectivity index (χ2n) is 6.27. The number of likely N-dealkylation sites (tertiary alicyclic amines) is 1. The molecule has 1 aliphatic rings. The lowest BCUT2D eigenvalue weighted by molar-refractivity contribution is 0.0697. The molecule has 1 aliphatic heterocycles. The van der Waals surface area contributed by atoms with Crippen LogP contribution in [0.3, 0.4) is 0 Å². The normalized spacial score (nSPS) is 16.0. The van der Waals surface area contributed by atoms with E-state index in [1.807, 2.05) is 48.5 Å². The molecule has 0 atom stereocenters. The highest BCUT2D eigenvalue weighted by atomic mass is 16.2. The lowest BCUT2D eigenvalue weighted by Gasteiger charge is -2.30. The number of rotatable bonds is 3. The molecule has 1 aromatic carbocycles. The van der Waals surface area contributed by atoms with Crippen LogP contribution in [-0.2, 0) is 6.54 Å². The molecule has 4 nitrogen and oxygen atoms in total. The molecule has 0 N–H and O–H groups in total. The Labute approximate surface area is 131 Å². The quantitative estimate of drug-likeness (QED) is 0.873. The first-order chi connectivity index (χ1) is 10.6. The van der Waals surface area contributed by atoms with E-state index in [0.29, 0.717) is 0 Å². The number of aryl methyl sites for hydroxylation is 1. The maximum atomic E-state index is 12.5. The molecule has 0 radical (unpaired) electrons. The number of benzene rings is 1. The summed E-state index contributed by atoms with van der Waals surface area (Å²) in [5.74, 6) is 1.91. The zero-order valence-electron chi connectivity index (χ0n) is 13.3. The average molecular weight is 297 g/mol. The highest BCUT2D eigenvalue weighted by Gasteiger charge is 2.21.